The van der Waals surface area contributed by atoms with Crippen molar-refractivity contribution in [3.63, 3.8) is 0 Å². The van der Waals surface area contributed by atoms with Crippen LogP contribution < -0.4 is 5.32 Å². The fourth-order valence-electron chi connectivity index (χ4n) is 3.70. The molecular formula is C17H33NO. The zero-order chi connectivity index (χ0) is 13.9. The Bertz CT molecular complexity index is 270. The van der Waals surface area contributed by atoms with Crippen LogP contribution in [-0.4, -0.2) is 24.3 Å². The van der Waals surface area contributed by atoms with E-state index in [1.807, 2.05) is 0 Å². The molecule has 0 aromatic carbocycles. The van der Waals surface area contributed by atoms with Gasteiger partial charge in [-0.1, -0.05) is 40.5 Å². The Hall–Kier alpha value is -0.0800. The molecule has 0 bridgehead atoms. The van der Waals surface area contributed by atoms with Crippen LogP contribution in [0.5, 0.6) is 0 Å². The maximum absolute atomic E-state index is 6.65. The van der Waals surface area contributed by atoms with Crippen molar-refractivity contribution in [2.75, 3.05) is 6.54 Å². The third-order valence-corrected chi connectivity index (χ3v) is 5.31. The molecule has 2 aliphatic carbocycles. The van der Waals surface area contributed by atoms with Crippen LogP contribution in [0.25, 0.3) is 0 Å². The van der Waals surface area contributed by atoms with Crippen LogP contribution in [-0.2, 0) is 4.74 Å². The molecule has 0 aromatic heterocycles. The van der Waals surface area contributed by atoms with Crippen LogP contribution in [0.3, 0.4) is 0 Å². The van der Waals surface area contributed by atoms with E-state index < -0.39 is 0 Å². The Morgan fingerprint density at radius 2 is 1.79 bits per heavy atom. The van der Waals surface area contributed by atoms with E-state index in [9.17, 15) is 0 Å². The summed E-state index contributed by atoms with van der Waals surface area (Å²) in [6.45, 7) is 10.3. The Balaban J connectivity index is 1.89. The highest BCUT2D eigenvalue weighted by Crippen LogP contribution is 2.38. The number of rotatable bonds is 5. The van der Waals surface area contributed by atoms with Gasteiger partial charge in [0.05, 0.1) is 11.7 Å². The number of hydrogen-bond acceptors (Lipinski definition) is 2. The Labute approximate surface area is 119 Å². The molecule has 19 heavy (non-hydrogen) atoms. The highest BCUT2D eigenvalue weighted by molar-refractivity contribution is 4.91. The standard InChI is InChI=1S/C17H33NO/c1-13(2)18-12-17(9-5-6-10-17)19-16-8-7-14(3)15(4)11-16/h13-16,18H,5-12H2,1-4H3. The van der Waals surface area contributed by atoms with E-state index in [2.05, 4.69) is 33.0 Å². The minimum absolute atomic E-state index is 0.148. The highest BCUT2D eigenvalue weighted by atomic mass is 16.5. The monoisotopic (exact) mass is 267 g/mol. The van der Waals surface area contributed by atoms with Gasteiger partial charge in [0.15, 0.2) is 0 Å². The molecule has 0 radical (unpaired) electrons. The molecule has 0 saturated heterocycles. The van der Waals surface area contributed by atoms with Crippen molar-refractivity contribution in [3.8, 4) is 0 Å². The van der Waals surface area contributed by atoms with E-state index in [4.69, 9.17) is 4.74 Å². The lowest BCUT2D eigenvalue weighted by Gasteiger charge is -2.39. The fraction of sp³-hybridized carbons (Fsp3) is 1.00. The van der Waals surface area contributed by atoms with Gasteiger partial charge in [-0.15, -0.1) is 0 Å². The summed E-state index contributed by atoms with van der Waals surface area (Å²) in [7, 11) is 0. The van der Waals surface area contributed by atoms with Crippen molar-refractivity contribution >= 4 is 0 Å². The van der Waals surface area contributed by atoms with Crippen LogP contribution in [0.4, 0.5) is 0 Å². The van der Waals surface area contributed by atoms with Gasteiger partial charge in [-0.3, -0.25) is 0 Å². The number of hydrogen-bond donors (Lipinski definition) is 1. The Kier molecular flexibility index (Phi) is 5.30. The van der Waals surface area contributed by atoms with Crippen molar-refractivity contribution in [1.29, 1.82) is 0 Å². The fourth-order valence-corrected chi connectivity index (χ4v) is 3.70. The minimum atomic E-state index is 0.148. The summed E-state index contributed by atoms with van der Waals surface area (Å²) in [5.41, 5.74) is 0.148. The number of ether oxygens (including phenoxy) is 1. The van der Waals surface area contributed by atoms with Crippen molar-refractivity contribution in [2.45, 2.75) is 90.4 Å². The van der Waals surface area contributed by atoms with E-state index in [1.54, 1.807) is 0 Å². The average molecular weight is 267 g/mol. The van der Waals surface area contributed by atoms with Crippen LogP contribution in [0.1, 0.15) is 72.6 Å². The maximum atomic E-state index is 6.65. The maximum Gasteiger partial charge on any atom is 0.0810 e. The van der Waals surface area contributed by atoms with E-state index in [0.29, 0.717) is 12.1 Å². The normalized spacial score (nSPS) is 34.9. The molecule has 2 fully saturated rings. The third-order valence-electron chi connectivity index (χ3n) is 5.31. The molecule has 2 heteroatoms. The molecule has 0 aliphatic heterocycles. The first kappa shape index (κ1) is 15.3. The smallest absolute Gasteiger partial charge is 0.0810 e. The molecule has 0 heterocycles. The van der Waals surface area contributed by atoms with Gasteiger partial charge in [-0.25, -0.2) is 0 Å². The molecule has 2 aliphatic rings. The van der Waals surface area contributed by atoms with Gasteiger partial charge in [-0.05, 0) is 43.9 Å². The summed E-state index contributed by atoms with van der Waals surface area (Å²) < 4.78 is 6.65. The lowest BCUT2D eigenvalue weighted by Crippen LogP contribution is -2.46. The quantitative estimate of drug-likeness (QED) is 0.808. The van der Waals surface area contributed by atoms with Crippen molar-refractivity contribution in [3.05, 3.63) is 0 Å². The predicted octanol–water partition coefficient (Wildman–Crippen LogP) is 4.14. The molecule has 0 amide bonds. The van der Waals surface area contributed by atoms with E-state index in [0.717, 1.165) is 18.4 Å². The molecule has 2 saturated carbocycles. The summed E-state index contributed by atoms with van der Waals surface area (Å²) in [5, 5.41) is 3.61. The van der Waals surface area contributed by atoms with Gasteiger partial charge in [0.25, 0.3) is 0 Å². The molecule has 3 atom stereocenters. The summed E-state index contributed by atoms with van der Waals surface area (Å²) in [4.78, 5) is 0. The zero-order valence-corrected chi connectivity index (χ0v) is 13.4. The largest absolute Gasteiger partial charge is 0.370 e. The van der Waals surface area contributed by atoms with Crippen LogP contribution in [0.2, 0.25) is 0 Å². The molecule has 0 aromatic rings. The van der Waals surface area contributed by atoms with Gasteiger partial charge in [-0.2, -0.15) is 0 Å². The summed E-state index contributed by atoms with van der Waals surface area (Å²) in [6.07, 6.45) is 9.61. The first-order valence-corrected chi connectivity index (χ1v) is 8.42. The Morgan fingerprint density at radius 1 is 1.11 bits per heavy atom. The van der Waals surface area contributed by atoms with Crippen molar-refractivity contribution < 1.29 is 4.74 Å². The first-order valence-electron chi connectivity index (χ1n) is 8.42. The lowest BCUT2D eigenvalue weighted by molar-refractivity contribution is -0.111. The molecular weight excluding hydrogens is 234 g/mol. The molecule has 2 nitrogen and oxygen atoms in total. The van der Waals surface area contributed by atoms with Gasteiger partial charge in [0.1, 0.15) is 0 Å². The highest BCUT2D eigenvalue weighted by Gasteiger charge is 2.38. The second kappa shape index (κ2) is 6.58. The molecule has 2 rings (SSSR count). The molecule has 112 valence electrons. The van der Waals surface area contributed by atoms with Crippen LogP contribution >= 0.6 is 0 Å². The first-order chi connectivity index (χ1) is 9.01. The van der Waals surface area contributed by atoms with Crippen molar-refractivity contribution in [1.82, 2.24) is 5.32 Å². The van der Waals surface area contributed by atoms with Gasteiger partial charge < -0.3 is 10.1 Å². The Morgan fingerprint density at radius 3 is 2.37 bits per heavy atom. The predicted molar refractivity (Wildman–Crippen MR) is 81.4 cm³/mol. The van der Waals surface area contributed by atoms with Gasteiger partial charge >= 0.3 is 0 Å². The second-order valence-electron chi connectivity index (χ2n) is 7.43. The molecule has 1 N–H and O–H groups in total. The topological polar surface area (TPSA) is 21.3 Å². The minimum Gasteiger partial charge on any atom is -0.370 e. The van der Waals surface area contributed by atoms with E-state index in [-0.39, 0.29) is 5.60 Å². The van der Waals surface area contributed by atoms with Crippen LogP contribution in [0.15, 0.2) is 0 Å². The zero-order valence-electron chi connectivity index (χ0n) is 13.4. The third kappa shape index (κ3) is 4.19. The second-order valence-corrected chi connectivity index (χ2v) is 7.43. The van der Waals surface area contributed by atoms with Crippen molar-refractivity contribution in [2.24, 2.45) is 11.8 Å². The van der Waals surface area contributed by atoms with Gasteiger partial charge in [0, 0.05) is 12.6 Å². The van der Waals surface area contributed by atoms with Gasteiger partial charge in [0.2, 0.25) is 0 Å². The van der Waals surface area contributed by atoms with E-state index >= 15 is 0 Å². The molecule has 3 unspecified atom stereocenters. The summed E-state index contributed by atoms with van der Waals surface area (Å²) in [5.74, 6) is 1.71. The summed E-state index contributed by atoms with van der Waals surface area (Å²) >= 11 is 0. The van der Waals surface area contributed by atoms with E-state index in [1.165, 1.54) is 44.9 Å². The number of nitrogens with one attached hydrogen (secondary N) is 1. The van der Waals surface area contributed by atoms with Crippen LogP contribution in [0, 0.1) is 11.8 Å². The lowest BCUT2D eigenvalue weighted by atomic mass is 9.80. The SMILES string of the molecule is CC(C)NCC1(OC2CCC(C)C(C)C2)CCCC1. The average Bonchev–Trinajstić information content (AvgIpc) is 2.81. The summed E-state index contributed by atoms with van der Waals surface area (Å²) in [6, 6.07) is 0.561. The molecule has 0 spiro atoms.